The van der Waals surface area contributed by atoms with Gasteiger partial charge in [-0.1, -0.05) is 46.4 Å². The fraction of sp³-hybridized carbons (Fsp3) is 0.167. The number of alkyl halides is 2. The summed E-state index contributed by atoms with van der Waals surface area (Å²) in [5.41, 5.74) is -0.00461. The van der Waals surface area contributed by atoms with Crippen LogP contribution in [0.3, 0.4) is 0 Å². The first-order valence-corrected chi connectivity index (χ1v) is 12.7. The van der Waals surface area contributed by atoms with Crippen molar-refractivity contribution in [1.29, 1.82) is 0 Å². The first-order valence-electron chi connectivity index (χ1n) is 10.5. The van der Waals surface area contributed by atoms with Crippen LogP contribution < -0.4 is 16.0 Å². The van der Waals surface area contributed by atoms with Crippen LogP contribution in [-0.2, 0) is 4.79 Å². The maximum atomic E-state index is 14.5. The van der Waals surface area contributed by atoms with Crippen LogP contribution in [0.1, 0.15) is 21.8 Å². The van der Waals surface area contributed by atoms with Gasteiger partial charge in [0, 0.05) is 18.7 Å². The van der Waals surface area contributed by atoms with E-state index in [2.05, 4.69) is 16.0 Å². The normalized spacial score (nSPS) is 17.8. The molecule has 2 atom stereocenters. The molecule has 1 saturated carbocycles. The number of amides is 2. The molecule has 0 heterocycles. The molecule has 0 radical (unpaired) electrons. The monoisotopic (exact) mass is 625 g/mol. The van der Waals surface area contributed by atoms with Gasteiger partial charge in [0.2, 0.25) is 5.91 Å². The SMILES string of the molecule is CNc1c(F)ccc(NC(=O)c2cc(NC(=O)[C@H]3[C@H](c4cc(Cl)c(Cl)c(Cl)c4)C3(Cl)Cl)ccc2Cl)c1F. The molecule has 1 aliphatic carbocycles. The van der Waals surface area contributed by atoms with Gasteiger partial charge in [0.1, 0.15) is 15.8 Å². The molecule has 194 valence electrons. The molecule has 13 heteroatoms. The van der Waals surface area contributed by atoms with Gasteiger partial charge in [-0.3, -0.25) is 9.59 Å². The number of hydrogen-bond acceptors (Lipinski definition) is 3. The Balaban J connectivity index is 1.53. The molecule has 0 aromatic heterocycles. The molecule has 3 N–H and O–H groups in total. The second-order valence-electron chi connectivity index (χ2n) is 8.10. The quantitative estimate of drug-likeness (QED) is 0.190. The predicted molar refractivity (Wildman–Crippen MR) is 146 cm³/mol. The average Bonchev–Trinajstić information content (AvgIpc) is 3.42. The maximum absolute atomic E-state index is 14.5. The van der Waals surface area contributed by atoms with Crippen LogP contribution in [0, 0.1) is 17.6 Å². The van der Waals surface area contributed by atoms with E-state index in [-0.39, 0.29) is 37.0 Å². The third kappa shape index (κ3) is 5.44. The molecule has 0 bridgehead atoms. The number of rotatable bonds is 6. The van der Waals surface area contributed by atoms with Crippen molar-refractivity contribution >= 4 is 98.5 Å². The Hall–Kier alpha value is -2.00. The van der Waals surface area contributed by atoms with Crippen molar-refractivity contribution in [3.05, 3.63) is 85.3 Å². The van der Waals surface area contributed by atoms with E-state index in [1.165, 1.54) is 37.4 Å². The molecule has 0 unspecified atom stereocenters. The van der Waals surface area contributed by atoms with Gasteiger partial charge < -0.3 is 16.0 Å². The Kier molecular flexibility index (Phi) is 8.05. The fourth-order valence-corrected chi connectivity index (χ4v) is 5.53. The molecule has 0 aliphatic heterocycles. The lowest BCUT2D eigenvalue weighted by atomic mass is 10.1. The zero-order valence-corrected chi connectivity index (χ0v) is 23.1. The lowest BCUT2D eigenvalue weighted by Crippen LogP contribution is -2.18. The van der Waals surface area contributed by atoms with Gasteiger partial charge in [0.05, 0.1) is 37.3 Å². The smallest absolute Gasteiger partial charge is 0.257 e. The molecule has 5 nitrogen and oxygen atoms in total. The number of carbonyl (C=O) groups excluding carboxylic acids is 2. The first kappa shape index (κ1) is 28.0. The predicted octanol–water partition coefficient (Wildman–Crippen LogP) is 8.40. The Labute approximate surface area is 240 Å². The summed E-state index contributed by atoms with van der Waals surface area (Å²) in [5.74, 6) is -4.62. The summed E-state index contributed by atoms with van der Waals surface area (Å²) in [6.45, 7) is 0. The molecule has 1 fully saturated rings. The van der Waals surface area contributed by atoms with Crippen molar-refractivity contribution in [3.8, 4) is 0 Å². The lowest BCUT2D eigenvalue weighted by molar-refractivity contribution is -0.117. The highest BCUT2D eigenvalue weighted by Gasteiger charge is 2.67. The van der Waals surface area contributed by atoms with Crippen LogP contribution >= 0.6 is 69.6 Å². The van der Waals surface area contributed by atoms with Gasteiger partial charge >= 0.3 is 0 Å². The first-order chi connectivity index (χ1) is 17.4. The number of nitrogens with one attached hydrogen (secondary N) is 3. The van der Waals surface area contributed by atoms with Crippen LogP contribution in [0.4, 0.5) is 25.8 Å². The van der Waals surface area contributed by atoms with Gasteiger partial charge in [-0.25, -0.2) is 8.78 Å². The van der Waals surface area contributed by atoms with Crippen molar-refractivity contribution < 1.29 is 18.4 Å². The molecule has 1 aliphatic rings. The molecule has 2 amide bonds. The van der Waals surface area contributed by atoms with E-state index in [1.54, 1.807) is 0 Å². The molecule has 0 spiro atoms. The number of hydrogen-bond donors (Lipinski definition) is 3. The van der Waals surface area contributed by atoms with E-state index in [1.807, 2.05) is 0 Å². The van der Waals surface area contributed by atoms with E-state index in [0.29, 0.717) is 5.56 Å². The van der Waals surface area contributed by atoms with Crippen molar-refractivity contribution in [2.75, 3.05) is 23.0 Å². The van der Waals surface area contributed by atoms with Crippen LogP contribution in [0.25, 0.3) is 0 Å². The molecule has 0 saturated heterocycles. The topological polar surface area (TPSA) is 70.2 Å². The van der Waals surface area contributed by atoms with Gasteiger partial charge in [-0.15, -0.1) is 23.2 Å². The summed E-state index contributed by atoms with van der Waals surface area (Å²) in [6.07, 6.45) is 0. The van der Waals surface area contributed by atoms with Crippen LogP contribution in [0.5, 0.6) is 0 Å². The van der Waals surface area contributed by atoms with Crippen LogP contribution in [0.2, 0.25) is 20.1 Å². The summed E-state index contributed by atoms with van der Waals surface area (Å²) >= 11 is 37.1. The summed E-state index contributed by atoms with van der Waals surface area (Å²) in [6, 6.07) is 9.29. The highest BCUT2D eigenvalue weighted by molar-refractivity contribution is 6.54. The van der Waals surface area contributed by atoms with Crippen molar-refractivity contribution in [2.24, 2.45) is 5.92 Å². The van der Waals surface area contributed by atoms with E-state index in [4.69, 9.17) is 69.6 Å². The minimum Gasteiger partial charge on any atom is -0.383 e. The van der Waals surface area contributed by atoms with E-state index >= 15 is 0 Å². The van der Waals surface area contributed by atoms with E-state index in [9.17, 15) is 18.4 Å². The lowest BCUT2D eigenvalue weighted by Gasteiger charge is -2.12. The Morgan fingerprint density at radius 3 is 2.16 bits per heavy atom. The second kappa shape index (κ2) is 10.6. The van der Waals surface area contributed by atoms with Gasteiger partial charge in [-0.05, 0) is 48.0 Å². The largest absolute Gasteiger partial charge is 0.383 e. The van der Waals surface area contributed by atoms with Crippen molar-refractivity contribution in [1.82, 2.24) is 0 Å². The number of benzene rings is 3. The summed E-state index contributed by atoms with van der Waals surface area (Å²) < 4.78 is 26.8. The molecular weight excluding hydrogens is 613 g/mol. The Morgan fingerprint density at radius 1 is 0.892 bits per heavy atom. The third-order valence-electron chi connectivity index (χ3n) is 5.77. The second-order valence-corrected chi connectivity index (χ2v) is 11.1. The Morgan fingerprint density at radius 2 is 1.54 bits per heavy atom. The molecule has 37 heavy (non-hydrogen) atoms. The van der Waals surface area contributed by atoms with Gasteiger partial charge in [0.25, 0.3) is 5.91 Å². The molecule has 4 rings (SSSR count). The van der Waals surface area contributed by atoms with Gasteiger partial charge in [0.15, 0.2) is 5.82 Å². The van der Waals surface area contributed by atoms with Crippen molar-refractivity contribution in [3.63, 3.8) is 0 Å². The molecular formula is C24H15Cl6F2N3O2. The summed E-state index contributed by atoms with van der Waals surface area (Å²) in [4.78, 5) is 25.8. The average molecular weight is 628 g/mol. The minimum atomic E-state index is -1.44. The standard InChI is InChI=1S/C24H15Cl6F2N3O2/c1-33-21-15(31)4-5-16(20(21)32)35-22(36)11-8-10(2-3-12(11)25)34-23(37)18-17(24(18,29)30)9-6-13(26)19(28)14(27)7-9/h2-8,17-18,33H,1H3,(H,34,37)(H,35,36)/t17-,18+/m0/s1. The minimum absolute atomic E-state index is 0.0330. The highest BCUT2D eigenvalue weighted by atomic mass is 35.5. The van der Waals surface area contributed by atoms with Crippen LogP contribution in [0.15, 0.2) is 42.5 Å². The fourth-order valence-electron chi connectivity index (χ4n) is 3.89. The zero-order valence-electron chi connectivity index (χ0n) is 18.5. The van der Waals surface area contributed by atoms with Crippen LogP contribution in [-0.4, -0.2) is 23.2 Å². The van der Waals surface area contributed by atoms with E-state index in [0.717, 1.165) is 12.1 Å². The van der Waals surface area contributed by atoms with Gasteiger partial charge in [-0.2, -0.15) is 0 Å². The summed E-state index contributed by atoms with van der Waals surface area (Å²) in [7, 11) is 1.34. The number of halogens is 8. The number of anilines is 3. The number of carbonyl (C=O) groups is 2. The molecule has 3 aromatic rings. The van der Waals surface area contributed by atoms with E-state index < -0.39 is 45.3 Å². The molecule has 3 aromatic carbocycles. The highest BCUT2D eigenvalue weighted by Crippen LogP contribution is 2.65. The third-order valence-corrected chi connectivity index (χ3v) is 8.24. The zero-order chi connectivity index (χ0) is 27.2. The summed E-state index contributed by atoms with van der Waals surface area (Å²) in [5, 5.41) is 7.96. The Bertz CT molecular complexity index is 1410. The van der Waals surface area contributed by atoms with Crippen molar-refractivity contribution in [2.45, 2.75) is 10.3 Å². The maximum Gasteiger partial charge on any atom is 0.257 e.